The Balaban J connectivity index is 1.34. The van der Waals surface area contributed by atoms with Gasteiger partial charge in [-0.1, -0.05) is 24.3 Å². The molecule has 0 radical (unpaired) electrons. The summed E-state index contributed by atoms with van der Waals surface area (Å²) in [5.41, 5.74) is 2.86. The largest absolute Gasteiger partial charge is 0.322 e. The molecule has 8 heteroatoms. The number of nitrogens with zero attached hydrogens (tertiary/aromatic N) is 2. The van der Waals surface area contributed by atoms with Crippen LogP contribution in [-0.2, 0) is 11.2 Å². The van der Waals surface area contributed by atoms with Gasteiger partial charge in [-0.25, -0.2) is 0 Å². The van der Waals surface area contributed by atoms with Gasteiger partial charge in [0.05, 0.1) is 10.7 Å². The van der Waals surface area contributed by atoms with Gasteiger partial charge < -0.3 is 10.2 Å². The molecule has 162 valence electrons. The van der Waals surface area contributed by atoms with Crippen LogP contribution in [-0.4, -0.2) is 29.0 Å². The fraction of sp³-hybridized carbons (Fsp3) is 0.167. The second kappa shape index (κ2) is 9.65. The lowest BCUT2D eigenvalue weighted by Gasteiger charge is -2.29. The van der Waals surface area contributed by atoms with E-state index in [-0.39, 0.29) is 17.2 Å². The fourth-order valence-corrected chi connectivity index (χ4v) is 4.39. The van der Waals surface area contributed by atoms with E-state index in [4.69, 9.17) is 0 Å². The lowest BCUT2D eigenvalue weighted by atomic mass is 10.0. The van der Waals surface area contributed by atoms with Gasteiger partial charge >= 0.3 is 0 Å². The van der Waals surface area contributed by atoms with E-state index in [1.165, 1.54) is 41.6 Å². The van der Waals surface area contributed by atoms with Crippen molar-refractivity contribution in [1.29, 1.82) is 0 Å². The maximum absolute atomic E-state index is 12.8. The minimum Gasteiger partial charge on any atom is -0.322 e. The Kier molecular flexibility index (Phi) is 6.51. The van der Waals surface area contributed by atoms with Crippen molar-refractivity contribution in [3.63, 3.8) is 0 Å². The number of thioether (sulfide) groups is 1. The Labute approximate surface area is 189 Å². The number of hydrogen-bond acceptors (Lipinski definition) is 5. The highest BCUT2D eigenvalue weighted by Gasteiger charge is 2.22. The van der Waals surface area contributed by atoms with E-state index in [1.807, 2.05) is 35.2 Å². The molecule has 0 spiro atoms. The monoisotopic (exact) mass is 447 g/mol. The summed E-state index contributed by atoms with van der Waals surface area (Å²) in [5, 5.41) is 13.6. The van der Waals surface area contributed by atoms with Crippen molar-refractivity contribution >= 4 is 40.6 Å². The van der Waals surface area contributed by atoms with Gasteiger partial charge in [0.25, 0.3) is 11.6 Å². The van der Waals surface area contributed by atoms with Crippen LogP contribution in [0, 0.1) is 10.1 Å². The molecule has 0 fully saturated rings. The smallest absolute Gasteiger partial charge is 0.270 e. The number of hydrogen-bond donors (Lipinski definition) is 1. The molecule has 7 nitrogen and oxygen atoms in total. The second-order valence-corrected chi connectivity index (χ2v) is 8.40. The molecule has 1 heterocycles. The first-order chi connectivity index (χ1) is 15.5. The number of nitrogens with one attached hydrogen (secondary N) is 1. The molecular weight excluding hydrogens is 426 g/mol. The van der Waals surface area contributed by atoms with Gasteiger partial charge in [-0.3, -0.25) is 19.7 Å². The lowest BCUT2D eigenvalue weighted by molar-refractivity contribution is -0.384. The predicted octanol–water partition coefficient (Wildman–Crippen LogP) is 4.92. The van der Waals surface area contributed by atoms with E-state index in [0.717, 1.165) is 30.0 Å². The van der Waals surface area contributed by atoms with Gasteiger partial charge in [0.2, 0.25) is 5.91 Å². The molecule has 32 heavy (non-hydrogen) atoms. The number of para-hydroxylation sites is 1. The molecule has 4 rings (SSSR count). The molecule has 0 unspecified atom stereocenters. The van der Waals surface area contributed by atoms with Gasteiger partial charge in [0, 0.05) is 40.5 Å². The predicted molar refractivity (Wildman–Crippen MR) is 125 cm³/mol. The van der Waals surface area contributed by atoms with Crippen LogP contribution in [0.4, 0.5) is 17.1 Å². The van der Waals surface area contributed by atoms with Crippen LogP contribution in [0.5, 0.6) is 0 Å². The average Bonchev–Trinajstić information content (AvgIpc) is 2.83. The number of rotatable bonds is 6. The Morgan fingerprint density at radius 1 is 1.03 bits per heavy atom. The number of nitro benzene ring substituents is 1. The first-order valence-electron chi connectivity index (χ1n) is 10.2. The van der Waals surface area contributed by atoms with Gasteiger partial charge in [0.1, 0.15) is 0 Å². The molecule has 1 aliphatic heterocycles. The zero-order chi connectivity index (χ0) is 22.5. The highest BCUT2D eigenvalue weighted by molar-refractivity contribution is 8.00. The second-order valence-electron chi connectivity index (χ2n) is 7.35. The van der Waals surface area contributed by atoms with Crippen LogP contribution in [0.3, 0.4) is 0 Å². The Bertz CT molecular complexity index is 1160. The topological polar surface area (TPSA) is 92.6 Å². The molecule has 2 amide bonds. The Morgan fingerprint density at radius 2 is 1.81 bits per heavy atom. The van der Waals surface area contributed by atoms with Crippen LogP contribution in [0.25, 0.3) is 0 Å². The summed E-state index contributed by atoms with van der Waals surface area (Å²) in [4.78, 5) is 38.3. The minimum absolute atomic E-state index is 0.0743. The van der Waals surface area contributed by atoms with Gasteiger partial charge in [-0.05, 0) is 54.8 Å². The molecule has 0 atom stereocenters. The summed E-state index contributed by atoms with van der Waals surface area (Å²) in [7, 11) is 0. The third kappa shape index (κ3) is 4.97. The summed E-state index contributed by atoms with van der Waals surface area (Å²) >= 11 is 1.45. The first kappa shape index (κ1) is 21.6. The Hall–Kier alpha value is -3.65. The third-order valence-electron chi connectivity index (χ3n) is 5.20. The molecule has 1 aliphatic rings. The third-order valence-corrected chi connectivity index (χ3v) is 6.20. The molecule has 3 aromatic rings. The average molecular weight is 448 g/mol. The molecule has 3 aromatic carbocycles. The molecular formula is C24H21N3O4S. The minimum atomic E-state index is -0.535. The highest BCUT2D eigenvalue weighted by atomic mass is 32.2. The van der Waals surface area contributed by atoms with Crippen LogP contribution in [0.1, 0.15) is 22.3 Å². The zero-order valence-electron chi connectivity index (χ0n) is 17.2. The summed E-state index contributed by atoms with van der Waals surface area (Å²) in [5.74, 6) is -0.0217. The maximum atomic E-state index is 12.8. The highest BCUT2D eigenvalue weighted by Crippen LogP contribution is 2.28. The molecule has 0 aliphatic carbocycles. The SMILES string of the molecule is O=C(Nc1ccc(SCC(=O)N2CCCc3ccccc32)cc1)c1cccc([N+](=O)[O-])c1. The number of carbonyl (C=O) groups is 2. The number of carbonyl (C=O) groups excluding carboxylic acids is 2. The number of benzene rings is 3. The zero-order valence-corrected chi connectivity index (χ0v) is 18.0. The summed E-state index contributed by atoms with van der Waals surface area (Å²) in [6, 6.07) is 20.8. The van der Waals surface area contributed by atoms with E-state index in [9.17, 15) is 19.7 Å². The molecule has 0 bridgehead atoms. The van der Waals surface area contributed by atoms with Crippen molar-refractivity contribution in [2.24, 2.45) is 0 Å². The van der Waals surface area contributed by atoms with Gasteiger partial charge in [-0.15, -0.1) is 11.8 Å². The van der Waals surface area contributed by atoms with Crippen LogP contribution < -0.4 is 10.2 Å². The van der Waals surface area contributed by atoms with Crippen LogP contribution >= 0.6 is 11.8 Å². The number of amides is 2. The lowest BCUT2D eigenvalue weighted by Crippen LogP contribution is -2.36. The van der Waals surface area contributed by atoms with E-state index < -0.39 is 10.8 Å². The van der Waals surface area contributed by atoms with E-state index in [2.05, 4.69) is 11.4 Å². The van der Waals surface area contributed by atoms with Gasteiger partial charge in [0.15, 0.2) is 0 Å². The molecule has 0 aromatic heterocycles. The summed E-state index contributed by atoms with van der Waals surface area (Å²) in [6.07, 6.45) is 1.96. The molecule has 1 N–H and O–H groups in total. The van der Waals surface area contributed by atoms with Crippen molar-refractivity contribution in [2.75, 3.05) is 22.5 Å². The number of aryl methyl sites for hydroxylation is 1. The molecule has 0 saturated heterocycles. The fourth-order valence-electron chi connectivity index (χ4n) is 3.61. The number of non-ortho nitro benzene ring substituents is 1. The van der Waals surface area contributed by atoms with E-state index in [0.29, 0.717) is 11.4 Å². The van der Waals surface area contributed by atoms with E-state index >= 15 is 0 Å². The Morgan fingerprint density at radius 3 is 2.59 bits per heavy atom. The number of anilines is 2. The van der Waals surface area contributed by atoms with Crippen molar-refractivity contribution < 1.29 is 14.5 Å². The summed E-state index contributed by atoms with van der Waals surface area (Å²) < 4.78 is 0. The van der Waals surface area contributed by atoms with Crippen molar-refractivity contribution in [3.05, 3.63) is 94.0 Å². The van der Waals surface area contributed by atoms with Crippen molar-refractivity contribution in [1.82, 2.24) is 0 Å². The number of fused-ring (bicyclic) bond motifs is 1. The van der Waals surface area contributed by atoms with Crippen molar-refractivity contribution in [2.45, 2.75) is 17.7 Å². The van der Waals surface area contributed by atoms with Crippen molar-refractivity contribution in [3.8, 4) is 0 Å². The standard InChI is InChI=1S/C24H21N3O4S/c28-23(26-14-4-7-17-5-1-2-9-22(17)26)16-32-21-12-10-19(11-13-21)25-24(29)18-6-3-8-20(15-18)27(30)31/h1-3,5-6,8-13,15H,4,7,14,16H2,(H,25,29). The van der Waals surface area contributed by atoms with E-state index in [1.54, 1.807) is 12.1 Å². The molecule has 0 saturated carbocycles. The number of nitro groups is 1. The maximum Gasteiger partial charge on any atom is 0.270 e. The first-order valence-corrected chi connectivity index (χ1v) is 11.2. The van der Waals surface area contributed by atoms with Crippen LogP contribution in [0.15, 0.2) is 77.7 Å². The normalized spacial score (nSPS) is 12.7. The quantitative estimate of drug-likeness (QED) is 0.329. The van der Waals surface area contributed by atoms with Gasteiger partial charge in [-0.2, -0.15) is 0 Å². The van der Waals surface area contributed by atoms with Crippen LogP contribution in [0.2, 0.25) is 0 Å². The summed E-state index contributed by atoms with van der Waals surface area (Å²) in [6.45, 7) is 0.735.